The lowest BCUT2D eigenvalue weighted by molar-refractivity contribution is 0.0277. The van der Waals surface area contributed by atoms with Gasteiger partial charge in [-0.2, -0.15) is 4.98 Å². The average molecular weight is 541 g/mol. The summed E-state index contributed by atoms with van der Waals surface area (Å²) in [4.78, 5) is 22.4. The van der Waals surface area contributed by atoms with Gasteiger partial charge in [-0.3, -0.25) is 9.36 Å². The molecular formula is C25H23BrClN5O2. The van der Waals surface area contributed by atoms with E-state index < -0.39 is 0 Å². The third-order valence-corrected chi connectivity index (χ3v) is 6.64. The molecule has 7 nitrogen and oxygen atoms in total. The molecule has 34 heavy (non-hydrogen) atoms. The maximum Gasteiger partial charge on any atom is 0.260 e. The van der Waals surface area contributed by atoms with Crippen molar-refractivity contribution in [3.63, 3.8) is 0 Å². The molecule has 1 aliphatic heterocycles. The summed E-state index contributed by atoms with van der Waals surface area (Å²) in [7, 11) is 0. The number of aromatic nitrogens is 3. The van der Waals surface area contributed by atoms with Gasteiger partial charge in [-0.15, -0.1) is 0 Å². The van der Waals surface area contributed by atoms with Gasteiger partial charge in [0.05, 0.1) is 12.7 Å². The van der Waals surface area contributed by atoms with E-state index in [1.807, 2.05) is 43.3 Å². The number of hydrogen-bond donors (Lipinski definition) is 2. The van der Waals surface area contributed by atoms with Gasteiger partial charge < -0.3 is 15.4 Å². The highest BCUT2D eigenvalue weighted by atomic mass is 79.9. The van der Waals surface area contributed by atoms with Gasteiger partial charge in [0.15, 0.2) is 0 Å². The van der Waals surface area contributed by atoms with E-state index in [4.69, 9.17) is 16.3 Å². The highest BCUT2D eigenvalue weighted by molar-refractivity contribution is 9.10. The highest BCUT2D eigenvalue weighted by Gasteiger charge is 2.17. The molecule has 0 aliphatic carbocycles. The molecule has 0 radical (unpaired) electrons. The van der Waals surface area contributed by atoms with Crippen LogP contribution in [0.3, 0.4) is 0 Å². The maximum atomic E-state index is 13.3. The van der Waals surface area contributed by atoms with Crippen molar-refractivity contribution < 1.29 is 4.74 Å². The van der Waals surface area contributed by atoms with Gasteiger partial charge in [-0.25, -0.2) is 4.98 Å². The van der Waals surface area contributed by atoms with Crippen LogP contribution in [-0.4, -0.2) is 34.2 Å². The summed E-state index contributed by atoms with van der Waals surface area (Å²) >= 11 is 9.84. The fourth-order valence-corrected chi connectivity index (χ4v) is 4.88. The summed E-state index contributed by atoms with van der Waals surface area (Å²) in [6.07, 6.45) is 1.79. The van der Waals surface area contributed by atoms with Crippen molar-refractivity contribution in [3.8, 4) is 11.1 Å². The van der Waals surface area contributed by atoms with Crippen LogP contribution in [0.15, 0.2) is 64.0 Å². The largest absolute Gasteiger partial charge is 0.371 e. The fraction of sp³-hybridized carbons (Fsp3) is 0.240. The molecule has 1 fully saturated rings. The molecule has 0 spiro atoms. The number of morpholine rings is 1. The number of ether oxygens (including phenoxy) is 1. The number of nitrogens with one attached hydrogen (secondary N) is 2. The van der Waals surface area contributed by atoms with Gasteiger partial charge in [0.25, 0.3) is 5.56 Å². The van der Waals surface area contributed by atoms with Crippen molar-refractivity contribution in [1.82, 2.24) is 19.9 Å². The van der Waals surface area contributed by atoms with E-state index in [1.165, 1.54) is 0 Å². The number of anilines is 2. The summed E-state index contributed by atoms with van der Waals surface area (Å²) in [6.45, 7) is 4.80. The number of nitrogens with zero attached hydrogens (tertiary/aromatic N) is 3. The van der Waals surface area contributed by atoms with E-state index in [9.17, 15) is 4.79 Å². The van der Waals surface area contributed by atoms with E-state index in [2.05, 4.69) is 36.5 Å². The van der Waals surface area contributed by atoms with Gasteiger partial charge >= 0.3 is 0 Å². The number of aryl methyl sites for hydroxylation is 1. The molecule has 9 heteroatoms. The van der Waals surface area contributed by atoms with Gasteiger partial charge in [0, 0.05) is 57.5 Å². The molecular weight excluding hydrogens is 518 g/mol. The Balaban J connectivity index is 1.47. The second-order valence-corrected chi connectivity index (χ2v) is 9.34. The lowest BCUT2D eigenvalue weighted by Crippen LogP contribution is -2.33. The Morgan fingerprint density at radius 2 is 2.03 bits per heavy atom. The molecule has 0 saturated carbocycles. The second-order valence-electron chi connectivity index (χ2n) is 8.01. The molecule has 1 atom stereocenters. The summed E-state index contributed by atoms with van der Waals surface area (Å²) in [5, 5.41) is 7.85. The van der Waals surface area contributed by atoms with Crippen LogP contribution in [0.2, 0.25) is 5.02 Å². The fourth-order valence-electron chi connectivity index (χ4n) is 4.10. The standard InChI is InChI=1S/C25H23BrClN5O2/c1-2-32-23-16(11-20(24(32)33)19-8-5-17(26)12-21(19)27)13-29-25(31-23)30-18-6-3-15(4-7-18)22-14-28-9-10-34-22/h3-8,11-13,22,28H,2,9-10,14H2,1H3,(H,29,30,31). The maximum absolute atomic E-state index is 13.3. The summed E-state index contributed by atoms with van der Waals surface area (Å²) < 4.78 is 8.31. The van der Waals surface area contributed by atoms with Crippen molar-refractivity contribution in [3.05, 3.63) is 80.1 Å². The summed E-state index contributed by atoms with van der Waals surface area (Å²) in [6, 6.07) is 15.3. The van der Waals surface area contributed by atoms with Crippen molar-refractivity contribution in [2.45, 2.75) is 19.6 Å². The molecule has 2 N–H and O–H groups in total. The quantitative estimate of drug-likeness (QED) is 0.358. The molecule has 3 heterocycles. The second kappa shape index (κ2) is 9.84. The monoisotopic (exact) mass is 539 g/mol. The van der Waals surface area contributed by atoms with Crippen LogP contribution in [0.5, 0.6) is 0 Å². The molecule has 174 valence electrons. The first kappa shape index (κ1) is 23.0. The van der Waals surface area contributed by atoms with Crippen molar-refractivity contribution in [2.75, 3.05) is 25.0 Å². The molecule has 4 aromatic rings. The summed E-state index contributed by atoms with van der Waals surface area (Å²) in [5.41, 5.74) is 3.60. The van der Waals surface area contributed by atoms with Crippen LogP contribution >= 0.6 is 27.5 Å². The Morgan fingerprint density at radius 3 is 2.74 bits per heavy atom. The molecule has 5 rings (SSSR count). The SMILES string of the molecule is CCn1c(=O)c(-c2ccc(Br)cc2Cl)cc2cnc(Nc3ccc(C4CNCCO4)cc3)nc21. The first-order valence-electron chi connectivity index (χ1n) is 11.1. The molecule has 0 bridgehead atoms. The van der Waals surface area contributed by atoms with Crippen molar-refractivity contribution >= 4 is 50.2 Å². The Labute approximate surface area is 210 Å². The predicted molar refractivity (Wildman–Crippen MR) is 139 cm³/mol. The minimum atomic E-state index is -0.144. The van der Waals surface area contributed by atoms with Crippen LogP contribution in [0, 0.1) is 0 Å². The van der Waals surface area contributed by atoms with Gasteiger partial charge in [0.2, 0.25) is 5.95 Å². The Bertz CT molecular complexity index is 1400. The number of hydrogen-bond acceptors (Lipinski definition) is 6. The zero-order chi connectivity index (χ0) is 23.7. The van der Waals surface area contributed by atoms with Crippen LogP contribution in [0.4, 0.5) is 11.6 Å². The normalized spacial score (nSPS) is 16.0. The lowest BCUT2D eigenvalue weighted by Gasteiger charge is -2.24. The van der Waals surface area contributed by atoms with Crippen molar-refractivity contribution in [2.24, 2.45) is 0 Å². The molecule has 1 saturated heterocycles. The number of pyridine rings is 1. The topological polar surface area (TPSA) is 81.1 Å². The minimum Gasteiger partial charge on any atom is -0.371 e. The lowest BCUT2D eigenvalue weighted by atomic mass is 10.1. The third-order valence-electron chi connectivity index (χ3n) is 5.83. The van der Waals surface area contributed by atoms with E-state index in [1.54, 1.807) is 22.9 Å². The summed E-state index contributed by atoms with van der Waals surface area (Å²) in [5.74, 6) is 0.423. The van der Waals surface area contributed by atoms with Crippen molar-refractivity contribution in [1.29, 1.82) is 0 Å². The van der Waals surface area contributed by atoms with Crippen LogP contribution in [0.25, 0.3) is 22.2 Å². The van der Waals surface area contributed by atoms with E-state index in [0.717, 1.165) is 34.2 Å². The zero-order valence-corrected chi connectivity index (χ0v) is 20.9. The molecule has 0 amide bonds. The van der Waals surface area contributed by atoms with E-state index >= 15 is 0 Å². The number of rotatable bonds is 5. The smallest absolute Gasteiger partial charge is 0.260 e. The third kappa shape index (κ3) is 4.59. The number of benzene rings is 2. The average Bonchev–Trinajstić information content (AvgIpc) is 2.85. The Kier molecular flexibility index (Phi) is 6.65. The molecule has 2 aromatic heterocycles. The van der Waals surface area contributed by atoms with Crippen LogP contribution in [0.1, 0.15) is 18.6 Å². The predicted octanol–water partition coefficient (Wildman–Crippen LogP) is 5.30. The first-order chi connectivity index (χ1) is 16.5. The van der Waals surface area contributed by atoms with E-state index in [0.29, 0.717) is 40.9 Å². The molecule has 1 unspecified atom stereocenters. The highest BCUT2D eigenvalue weighted by Crippen LogP contribution is 2.30. The Hall–Kier alpha value is -2.78. The van der Waals surface area contributed by atoms with Crippen LogP contribution < -0.4 is 16.2 Å². The van der Waals surface area contributed by atoms with E-state index in [-0.39, 0.29) is 11.7 Å². The molecule has 1 aliphatic rings. The van der Waals surface area contributed by atoms with Crippen LogP contribution in [-0.2, 0) is 11.3 Å². The first-order valence-corrected chi connectivity index (χ1v) is 12.3. The number of fused-ring (bicyclic) bond motifs is 1. The number of halogens is 2. The van der Waals surface area contributed by atoms with Gasteiger partial charge in [-0.1, -0.05) is 45.7 Å². The van der Waals surface area contributed by atoms with Gasteiger partial charge in [-0.05, 0) is 42.8 Å². The van der Waals surface area contributed by atoms with Gasteiger partial charge in [0.1, 0.15) is 5.65 Å². The zero-order valence-electron chi connectivity index (χ0n) is 18.5. The minimum absolute atomic E-state index is 0.0622. The Morgan fingerprint density at radius 1 is 1.21 bits per heavy atom. The molecule has 2 aromatic carbocycles.